The first-order valence-corrected chi connectivity index (χ1v) is 12.3. The van der Waals surface area contributed by atoms with E-state index in [2.05, 4.69) is 4.90 Å². The number of nitrogens with zero attached hydrogens (tertiary/aromatic N) is 1. The van der Waals surface area contributed by atoms with Crippen molar-refractivity contribution in [3.63, 3.8) is 0 Å². The third-order valence-corrected chi connectivity index (χ3v) is 8.10. The molecule has 8 heteroatoms. The molecule has 1 saturated heterocycles. The Balaban J connectivity index is 2.49. The molecule has 2 unspecified atom stereocenters. The Morgan fingerprint density at radius 2 is 1.66 bits per heavy atom. The van der Waals surface area contributed by atoms with Crippen LogP contribution < -0.4 is 0 Å². The summed E-state index contributed by atoms with van der Waals surface area (Å²) in [6.45, 7) is 19.4. The molecule has 1 aliphatic rings. The molecule has 0 bridgehead atoms. The van der Waals surface area contributed by atoms with Gasteiger partial charge in [-0.15, -0.1) is 0 Å². The number of rotatable bonds is 11. The molecule has 0 amide bonds. The van der Waals surface area contributed by atoms with Crippen molar-refractivity contribution in [1.29, 1.82) is 0 Å². The first-order chi connectivity index (χ1) is 13.3. The highest BCUT2D eigenvalue weighted by Crippen LogP contribution is 2.57. The topological polar surface area (TPSA) is 74.3 Å². The molecular formula is C21H42NO6P. The van der Waals surface area contributed by atoms with E-state index in [9.17, 15) is 9.36 Å². The molecule has 0 radical (unpaired) electrons. The third kappa shape index (κ3) is 9.48. The fourth-order valence-corrected chi connectivity index (χ4v) is 5.11. The number of morpholine rings is 1. The molecule has 0 aliphatic carbocycles. The summed E-state index contributed by atoms with van der Waals surface area (Å²) >= 11 is 0. The van der Waals surface area contributed by atoms with Gasteiger partial charge in [0.15, 0.2) is 0 Å². The number of esters is 1. The lowest BCUT2D eigenvalue weighted by Gasteiger charge is -2.32. The fraction of sp³-hybridized carbons (Fsp3) is 0.952. The standard InChI is InChI=1S/C21H42NO6P/c1-17(2)18(3)29(24,28-20(4,5)6)27-16-15-26-19(23)21(7,8)9-10-22-11-13-25-14-12-22/h17-18H,9-16H2,1-8H3. The van der Waals surface area contributed by atoms with Crippen molar-refractivity contribution in [3.05, 3.63) is 0 Å². The molecule has 0 aromatic heterocycles. The Bertz CT molecular complexity index is 552. The van der Waals surface area contributed by atoms with Crippen LogP contribution in [0.25, 0.3) is 0 Å². The van der Waals surface area contributed by atoms with Crippen LogP contribution in [0.5, 0.6) is 0 Å². The predicted molar refractivity (Wildman–Crippen MR) is 115 cm³/mol. The van der Waals surface area contributed by atoms with Gasteiger partial charge in [0.25, 0.3) is 0 Å². The Labute approximate surface area is 177 Å². The zero-order valence-corrected chi connectivity index (χ0v) is 20.5. The second-order valence-corrected chi connectivity index (χ2v) is 12.1. The van der Waals surface area contributed by atoms with Gasteiger partial charge in [0.1, 0.15) is 6.61 Å². The van der Waals surface area contributed by atoms with Crippen LogP contribution in [-0.2, 0) is 27.9 Å². The van der Waals surface area contributed by atoms with E-state index in [1.165, 1.54) is 0 Å². The average Bonchev–Trinajstić information content (AvgIpc) is 2.62. The summed E-state index contributed by atoms with van der Waals surface area (Å²) in [5, 5.41) is 0. The maximum atomic E-state index is 13.3. The monoisotopic (exact) mass is 435 g/mol. The predicted octanol–water partition coefficient (Wildman–Crippen LogP) is 4.35. The van der Waals surface area contributed by atoms with E-state index in [1.54, 1.807) is 0 Å². The first kappa shape index (κ1) is 26.6. The van der Waals surface area contributed by atoms with E-state index in [0.717, 1.165) is 32.8 Å². The zero-order valence-electron chi connectivity index (χ0n) is 19.7. The van der Waals surface area contributed by atoms with Crippen molar-refractivity contribution in [1.82, 2.24) is 4.90 Å². The molecule has 0 spiro atoms. The van der Waals surface area contributed by atoms with Crippen LogP contribution in [0.1, 0.15) is 61.8 Å². The minimum atomic E-state index is -3.33. The number of ether oxygens (including phenoxy) is 2. The van der Waals surface area contributed by atoms with Crippen LogP contribution in [0, 0.1) is 11.3 Å². The van der Waals surface area contributed by atoms with Crippen LogP contribution in [0.15, 0.2) is 0 Å². The highest BCUT2D eigenvalue weighted by molar-refractivity contribution is 7.54. The van der Waals surface area contributed by atoms with Crippen molar-refractivity contribution in [2.75, 3.05) is 46.1 Å². The summed E-state index contributed by atoms with van der Waals surface area (Å²) < 4.78 is 35.6. The average molecular weight is 436 g/mol. The molecule has 172 valence electrons. The van der Waals surface area contributed by atoms with Crippen LogP contribution in [0.3, 0.4) is 0 Å². The van der Waals surface area contributed by atoms with Gasteiger partial charge in [-0.2, -0.15) is 0 Å². The van der Waals surface area contributed by atoms with Gasteiger partial charge in [-0.05, 0) is 53.5 Å². The normalized spacial score (nSPS) is 19.8. The van der Waals surface area contributed by atoms with Crippen molar-refractivity contribution >= 4 is 13.6 Å². The molecule has 0 N–H and O–H groups in total. The summed E-state index contributed by atoms with van der Waals surface area (Å²) in [5.41, 5.74) is -1.42. The van der Waals surface area contributed by atoms with Crippen molar-refractivity contribution in [2.24, 2.45) is 11.3 Å². The van der Waals surface area contributed by atoms with E-state index in [-0.39, 0.29) is 30.8 Å². The van der Waals surface area contributed by atoms with E-state index in [4.69, 9.17) is 18.5 Å². The van der Waals surface area contributed by atoms with Gasteiger partial charge in [0.05, 0.1) is 36.5 Å². The zero-order chi connectivity index (χ0) is 22.3. The molecule has 1 heterocycles. The first-order valence-electron chi connectivity index (χ1n) is 10.7. The number of hydrogen-bond acceptors (Lipinski definition) is 7. The summed E-state index contributed by atoms with van der Waals surface area (Å²) in [7, 11) is -3.33. The van der Waals surface area contributed by atoms with E-state index in [1.807, 2.05) is 55.4 Å². The highest BCUT2D eigenvalue weighted by Gasteiger charge is 2.38. The highest BCUT2D eigenvalue weighted by atomic mass is 31.2. The van der Waals surface area contributed by atoms with Gasteiger partial charge in [0, 0.05) is 13.1 Å². The maximum Gasteiger partial charge on any atom is 0.334 e. The Morgan fingerprint density at radius 3 is 2.17 bits per heavy atom. The molecule has 1 rings (SSSR count). The lowest BCUT2D eigenvalue weighted by atomic mass is 9.89. The minimum absolute atomic E-state index is 0.0513. The SMILES string of the molecule is CC(C)C(C)P(=O)(OCCOC(=O)C(C)(C)CCN1CCOCC1)OC(C)(C)C. The molecule has 1 fully saturated rings. The molecule has 1 aliphatic heterocycles. The summed E-state index contributed by atoms with van der Waals surface area (Å²) in [6.07, 6.45) is 0.711. The molecule has 0 saturated carbocycles. The molecule has 29 heavy (non-hydrogen) atoms. The number of carbonyl (C=O) groups excluding carboxylic acids is 1. The molecule has 0 aromatic rings. The Hall–Kier alpha value is -0.460. The fourth-order valence-electron chi connectivity index (χ4n) is 2.83. The molecular weight excluding hydrogens is 393 g/mol. The summed E-state index contributed by atoms with van der Waals surface area (Å²) in [6, 6.07) is 0. The third-order valence-electron chi connectivity index (χ3n) is 5.16. The van der Waals surface area contributed by atoms with Gasteiger partial charge in [0.2, 0.25) is 0 Å². The number of hydrogen-bond donors (Lipinski definition) is 0. The van der Waals surface area contributed by atoms with Crippen LogP contribution in [0.4, 0.5) is 0 Å². The van der Waals surface area contributed by atoms with Gasteiger partial charge in [-0.1, -0.05) is 20.8 Å². The Kier molecular flexibility index (Phi) is 10.3. The molecule has 2 atom stereocenters. The smallest absolute Gasteiger partial charge is 0.334 e. The Morgan fingerprint density at radius 1 is 1.07 bits per heavy atom. The van der Waals surface area contributed by atoms with Crippen molar-refractivity contribution < 1.29 is 27.9 Å². The largest absolute Gasteiger partial charge is 0.463 e. The van der Waals surface area contributed by atoms with E-state index in [0.29, 0.717) is 6.42 Å². The van der Waals surface area contributed by atoms with Gasteiger partial charge in [-0.3, -0.25) is 14.3 Å². The van der Waals surface area contributed by atoms with Gasteiger partial charge in [-0.25, -0.2) is 0 Å². The molecule has 0 aromatic carbocycles. The summed E-state index contributed by atoms with van der Waals surface area (Å²) in [5.74, 6) is -0.123. The quantitative estimate of drug-likeness (QED) is 0.271. The van der Waals surface area contributed by atoms with Crippen molar-refractivity contribution in [3.8, 4) is 0 Å². The van der Waals surface area contributed by atoms with Crippen LogP contribution in [-0.4, -0.2) is 68.2 Å². The van der Waals surface area contributed by atoms with Gasteiger partial charge < -0.3 is 18.5 Å². The van der Waals surface area contributed by atoms with Crippen LogP contribution >= 0.6 is 7.60 Å². The molecule has 7 nitrogen and oxygen atoms in total. The lowest BCUT2D eigenvalue weighted by molar-refractivity contribution is -0.155. The van der Waals surface area contributed by atoms with E-state index < -0.39 is 18.6 Å². The second kappa shape index (κ2) is 11.2. The lowest BCUT2D eigenvalue weighted by Crippen LogP contribution is -2.39. The van der Waals surface area contributed by atoms with E-state index >= 15 is 0 Å². The number of carbonyl (C=O) groups is 1. The van der Waals surface area contributed by atoms with Gasteiger partial charge >= 0.3 is 13.6 Å². The van der Waals surface area contributed by atoms with Crippen LogP contribution in [0.2, 0.25) is 0 Å². The minimum Gasteiger partial charge on any atom is -0.463 e. The second-order valence-electron chi connectivity index (χ2n) is 9.79. The summed E-state index contributed by atoms with van der Waals surface area (Å²) in [4.78, 5) is 14.8. The maximum absolute atomic E-state index is 13.3. The van der Waals surface area contributed by atoms with Crippen molar-refractivity contribution in [2.45, 2.75) is 73.1 Å².